The van der Waals surface area contributed by atoms with Gasteiger partial charge in [-0.1, -0.05) is 90.5 Å². The number of rotatable bonds is 4. The van der Waals surface area contributed by atoms with E-state index in [1.165, 1.54) is 39.1 Å². The highest BCUT2D eigenvalue weighted by Crippen LogP contribution is 2.34. The van der Waals surface area contributed by atoms with Crippen molar-refractivity contribution in [2.24, 2.45) is 0 Å². The molecule has 128 valence electrons. The van der Waals surface area contributed by atoms with Crippen molar-refractivity contribution in [3.05, 3.63) is 108 Å². The zero-order valence-electron chi connectivity index (χ0n) is 15.3. The first-order chi connectivity index (χ1) is 12.7. The summed E-state index contributed by atoms with van der Waals surface area (Å²) in [5.41, 5.74) is 9.07. The minimum Gasteiger partial charge on any atom is -0.342 e. The standard InChI is InChI=1S/C25H23N/c1-19-13-15-22(16-14-19)24-18-26(17-21-9-5-3-6-10-21)25(20(24)2)23-11-7-4-8-12-23/h3-16,18H,17H2,1-2H3. The second-order valence-electron chi connectivity index (χ2n) is 6.86. The highest BCUT2D eigenvalue weighted by molar-refractivity contribution is 5.77. The summed E-state index contributed by atoms with van der Waals surface area (Å²) in [5.74, 6) is 0. The molecular formula is C25H23N. The lowest BCUT2D eigenvalue weighted by Gasteiger charge is -2.11. The molecule has 0 spiro atoms. The lowest BCUT2D eigenvalue weighted by atomic mass is 10.0. The van der Waals surface area contributed by atoms with Crippen LogP contribution in [0.4, 0.5) is 0 Å². The van der Waals surface area contributed by atoms with Gasteiger partial charge in [0.25, 0.3) is 0 Å². The van der Waals surface area contributed by atoms with Crippen LogP contribution in [-0.4, -0.2) is 4.57 Å². The lowest BCUT2D eigenvalue weighted by molar-refractivity contribution is 0.813. The Kier molecular flexibility index (Phi) is 4.45. The molecule has 0 amide bonds. The second kappa shape index (κ2) is 7.05. The molecule has 0 aliphatic rings. The molecule has 4 rings (SSSR count). The predicted molar refractivity (Wildman–Crippen MR) is 110 cm³/mol. The maximum Gasteiger partial charge on any atom is 0.0519 e. The van der Waals surface area contributed by atoms with Crippen LogP contribution < -0.4 is 0 Å². The molecule has 0 saturated heterocycles. The summed E-state index contributed by atoms with van der Waals surface area (Å²) in [5, 5.41) is 0. The first-order valence-electron chi connectivity index (χ1n) is 9.08. The fourth-order valence-electron chi connectivity index (χ4n) is 3.57. The molecule has 1 nitrogen and oxygen atoms in total. The topological polar surface area (TPSA) is 4.93 Å². The Hall–Kier alpha value is -3.06. The maximum absolute atomic E-state index is 2.38. The molecule has 4 aromatic rings. The van der Waals surface area contributed by atoms with Gasteiger partial charge in [-0.25, -0.2) is 0 Å². The third-order valence-corrected chi connectivity index (χ3v) is 4.94. The largest absolute Gasteiger partial charge is 0.342 e. The number of benzene rings is 3. The molecule has 0 saturated carbocycles. The summed E-state index contributed by atoms with van der Waals surface area (Å²) in [7, 11) is 0. The Bertz CT molecular complexity index is 993. The third kappa shape index (κ3) is 3.21. The van der Waals surface area contributed by atoms with Gasteiger partial charge in [-0.2, -0.15) is 0 Å². The van der Waals surface area contributed by atoms with Gasteiger partial charge < -0.3 is 4.57 Å². The summed E-state index contributed by atoms with van der Waals surface area (Å²) < 4.78 is 2.38. The smallest absolute Gasteiger partial charge is 0.0519 e. The van der Waals surface area contributed by atoms with E-state index in [1.54, 1.807) is 0 Å². The molecule has 1 heteroatoms. The van der Waals surface area contributed by atoms with Crippen molar-refractivity contribution >= 4 is 0 Å². The normalized spacial score (nSPS) is 10.8. The van der Waals surface area contributed by atoms with Crippen LogP contribution in [0.3, 0.4) is 0 Å². The molecule has 0 N–H and O–H groups in total. The van der Waals surface area contributed by atoms with E-state index in [1.807, 2.05) is 0 Å². The summed E-state index contributed by atoms with van der Waals surface area (Å²) in [4.78, 5) is 0. The third-order valence-electron chi connectivity index (χ3n) is 4.94. The van der Waals surface area contributed by atoms with Gasteiger partial charge in [-0.15, -0.1) is 0 Å². The van der Waals surface area contributed by atoms with Crippen molar-refractivity contribution in [1.82, 2.24) is 4.57 Å². The van der Waals surface area contributed by atoms with Gasteiger partial charge in [0.15, 0.2) is 0 Å². The second-order valence-corrected chi connectivity index (χ2v) is 6.86. The number of hydrogen-bond donors (Lipinski definition) is 0. The zero-order chi connectivity index (χ0) is 17.9. The average Bonchev–Trinajstić information content (AvgIpc) is 3.00. The van der Waals surface area contributed by atoms with E-state index in [-0.39, 0.29) is 0 Å². The summed E-state index contributed by atoms with van der Waals surface area (Å²) in [6.45, 7) is 5.24. The van der Waals surface area contributed by atoms with Gasteiger partial charge in [0.1, 0.15) is 0 Å². The van der Waals surface area contributed by atoms with Crippen LogP contribution in [0, 0.1) is 13.8 Å². The SMILES string of the molecule is Cc1ccc(-c2cn(Cc3ccccc3)c(-c3ccccc3)c2C)cc1. The van der Waals surface area contributed by atoms with Gasteiger partial charge in [0, 0.05) is 18.3 Å². The number of nitrogens with zero attached hydrogens (tertiary/aromatic N) is 1. The lowest BCUT2D eigenvalue weighted by Crippen LogP contribution is -2.00. The Balaban J connectivity index is 1.86. The van der Waals surface area contributed by atoms with Crippen molar-refractivity contribution in [3.8, 4) is 22.4 Å². The van der Waals surface area contributed by atoms with Crippen LogP contribution in [-0.2, 0) is 6.54 Å². The van der Waals surface area contributed by atoms with Gasteiger partial charge in [0.2, 0.25) is 0 Å². The summed E-state index contributed by atoms with van der Waals surface area (Å²) in [6.07, 6.45) is 2.30. The summed E-state index contributed by atoms with van der Waals surface area (Å²) in [6, 6.07) is 30.2. The monoisotopic (exact) mass is 337 g/mol. The first kappa shape index (κ1) is 16.4. The Morgan fingerprint density at radius 1 is 0.654 bits per heavy atom. The molecule has 26 heavy (non-hydrogen) atoms. The number of aromatic nitrogens is 1. The molecule has 0 bridgehead atoms. The van der Waals surface area contributed by atoms with Gasteiger partial charge in [-0.3, -0.25) is 0 Å². The van der Waals surface area contributed by atoms with Gasteiger partial charge in [0.05, 0.1) is 5.69 Å². The Morgan fingerprint density at radius 2 is 1.27 bits per heavy atom. The van der Waals surface area contributed by atoms with Crippen LogP contribution in [0.5, 0.6) is 0 Å². The molecule has 0 atom stereocenters. The van der Waals surface area contributed by atoms with Crippen molar-refractivity contribution in [3.63, 3.8) is 0 Å². The van der Waals surface area contributed by atoms with Crippen LogP contribution in [0.25, 0.3) is 22.4 Å². The Morgan fingerprint density at radius 3 is 1.92 bits per heavy atom. The highest BCUT2D eigenvalue weighted by Gasteiger charge is 2.15. The fraction of sp³-hybridized carbons (Fsp3) is 0.120. The van der Waals surface area contributed by atoms with Crippen LogP contribution in [0.1, 0.15) is 16.7 Å². The van der Waals surface area contributed by atoms with Crippen LogP contribution in [0.2, 0.25) is 0 Å². The quantitative estimate of drug-likeness (QED) is 0.401. The minimum atomic E-state index is 0.873. The van der Waals surface area contributed by atoms with E-state index < -0.39 is 0 Å². The molecular weight excluding hydrogens is 314 g/mol. The van der Waals surface area contributed by atoms with Crippen molar-refractivity contribution in [2.75, 3.05) is 0 Å². The van der Waals surface area contributed by atoms with Crippen LogP contribution in [0.15, 0.2) is 91.1 Å². The zero-order valence-corrected chi connectivity index (χ0v) is 15.3. The van der Waals surface area contributed by atoms with Crippen molar-refractivity contribution < 1.29 is 0 Å². The predicted octanol–water partition coefficient (Wildman–Crippen LogP) is 6.49. The molecule has 3 aromatic carbocycles. The first-order valence-corrected chi connectivity index (χ1v) is 9.08. The number of aryl methyl sites for hydroxylation is 1. The van der Waals surface area contributed by atoms with E-state index >= 15 is 0 Å². The molecule has 0 aliphatic heterocycles. The maximum atomic E-state index is 2.38. The molecule has 0 aliphatic carbocycles. The molecule has 0 unspecified atom stereocenters. The summed E-state index contributed by atoms with van der Waals surface area (Å²) >= 11 is 0. The molecule has 1 aromatic heterocycles. The molecule has 1 heterocycles. The van der Waals surface area contributed by atoms with E-state index in [9.17, 15) is 0 Å². The highest BCUT2D eigenvalue weighted by atomic mass is 15.0. The van der Waals surface area contributed by atoms with E-state index in [0.717, 1.165) is 6.54 Å². The fourth-order valence-corrected chi connectivity index (χ4v) is 3.57. The molecule has 0 radical (unpaired) electrons. The van der Waals surface area contributed by atoms with Crippen LogP contribution >= 0.6 is 0 Å². The van der Waals surface area contributed by atoms with E-state index in [0.29, 0.717) is 0 Å². The van der Waals surface area contributed by atoms with Gasteiger partial charge in [-0.05, 0) is 36.1 Å². The van der Waals surface area contributed by atoms with Crippen molar-refractivity contribution in [2.45, 2.75) is 20.4 Å². The Labute approximate surface area is 155 Å². The minimum absolute atomic E-state index is 0.873. The van der Waals surface area contributed by atoms with Gasteiger partial charge >= 0.3 is 0 Å². The number of hydrogen-bond acceptors (Lipinski definition) is 0. The van der Waals surface area contributed by atoms with E-state index in [2.05, 4.69) is 110 Å². The van der Waals surface area contributed by atoms with Crippen molar-refractivity contribution in [1.29, 1.82) is 0 Å². The average molecular weight is 337 g/mol. The molecule has 0 fully saturated rings. The van der Waals surface area contributed by atoms with E-state index in [4.69, 9.17) is 0 Å².